The summed E-state index contributed by atoms with van der Waals surface area (Å²) in [5.41, 5.74) is 0. The van der Waals surface area contributed by atoms with Gasteiger partial charge in [0.05, 0.1) is 37.8 Å². The second kappa shape index (κ2) is 38.0. The topological polar surface area (TPSA) is 320 Å². The van der Waals surface area contributed by atoms with Crippen molar-refractivity contribution in [3.8, 4) is 0 Å². The predicted molar refractivity (Wildman–Crippen MR) is 344 cm³/mol. The Balaban J connectivity index is 4.44. The molecule has 91 heavy (non-hydrogen) atoms. The van der Waals surface area contributed by atoms with Crippen molar-refractivity contribution in [1.29, 1.82) is 0 Å². The van der Waals surface area contributed by atoms with Crippen LogP contribution < -0.4 is 21.3 Å². The molecule has 1 fully saturated rings. The summed E-state index contributed by atoms with van der Waals surface area (Å²) in [5, 5.41) is 21.2. The van der Waals surface area contributed by atoms with Crippen molar-refractivity contribution in [2.75, 3.05) is 69.6 Å². The lowest BCUT2D eigenvalue weighted by Gasteiger charge is -2.41. The number of nitrogens with one attached hydrogen (secondary N) is 4. The Morgan fingerprint density at radius 1 is 0.495 bits per heavy atom. The fraction of sp³-hybridized carbons (Fsp3) is 0.815. The largest absolute Gasteiger partial charge is 0.481 e. The van der Waals surface area contributed by atoms with Crippen molar-refractivity contribution >= 4 is 70.9 Å². The summed E-state index contributed by atoms with van der Waals surface area (Å²) in [6, 6.07) is -11.7. The summed E-state index contributed by atoms with van der Waals surface area (Å²) in [5.74, 6) is -12.4. The number of hydrogen-bond donors (Lipinski definition) is 5. The third-order valence-electron chi connectivity index (χ3n) is 16.5. The Morgan fingerprint density at radius 3 is 1.33 bits per heavy atom. The number of carbonyl (C=O) groups is 12. The highest BCUT2D eigenvalue weighted by molar-refractivity contribution is 5.99. The standard InChI is InChI=1S/C65H116N10O16/c1-34(2)26-45-60(83)72(20)48(29-37(7)8)57(80)66-42(16)65(88)91-54(40(13)14)64(87)73(21)49(30-38(9)10)58(81)68-46(27-35(3)4)61(84)74(22)52(39(11)12)63(86)75(23)53(55(90-25)41(15)31-50(77)78)59(82)69-51(43(17)89-24)62(85)71(19)33-44(76)32-70(18)47(28-36(5)6)56(79)67-45/h34-43,45-49,51-55H,26-33H2,1-25H3,(H,66,80)(H,67,79)(H,68,81)(H,69,82)(H,77,78)/t41-,42-,43-,45-,46-,47+,48-,49-,51-,52-,53-,54+,55-/m1/s1. The second-order valence-electron chi connectivity index (χ2n) is 27.9. The van der Waals surface area contributed by atoms with Crippen molar-refractivity contribution in [2.24, 2.45) is 47.3 Å². The number of carboxylic acid groups (broad SMARTS) is 1. The van der Waals surface area contributed by atoms with Crippen LogP contribution in [-0.2, 0) is 71.7 Å². The Labute approximate surface area is 542 Å². The molecule has 1 aliphatic rings. The lowest BCUT2D eigenvalue weighted by molar-refractivity contribution is -0.166. The molecule has 26 nitrogen and oxygen atoms in total. The van der Waals surface area contributed by atoms with E-state index in [4.69, 9.17) is 14.2 Å². The lowest BCUT2D eigenvalue weighted by Crippen LogP contribution is -2.64. The molecule has 0 saturated carbocycles. The van der Waals surface area contributed by atoms with Crippen LogP contribution in [0.1, 0.15) is 156 Å². The van der Waals surface area contributed by atoms with Gasteiger partial charge in [-0.2, -0.15) is 0 Å². The highest BCUT2D eigenvalue weighted by Crippen LogP contribution is 2.26. The van der Waals surface area contributed by atoms with Gasteiger partial charge in [0, 0.05) is 49.5 Å². The van der Waals surface area contributed by atoms with Crippen molar-refractivity contribution in [3.63, 3.8) is 0 Å². The van der Waals surface area contributed by atoms with Gasteiger partial charge in [-0.1, -0.05) is 104 Å². The maximum atomic E-state index is 15.3. The smallest absolute Gasteiger partial charge is 0.329 e. The van der Waals surface area contributed by atoms with Crippen LogP contribution in [0.25, 0.3) is 0 Å². The zero-order chi connectivity index (χ0) is 70.5. The predicted octanol–water partition coefficient (Wildman–Crippen LogP) is 3.21. The molecule has 0 aromatic rings. The maximum Gasteiger partial charge on any atom is 0.329 e. The highest BCUT2D eigenvalue weighted by Gasteiger charge is 2.46. The number of likely N-dealkylation sites (N-methyl/N-ethyl adjacent to an activating group) is 6. The summed E-state index contributed by atoms with van der Waals surface area (Å²) in [6.07, 6.45) is -3.73. The Bertz CT molecular complexity index is 2470. The maximum absolute atomic E-state index is 15.3. The van der Waals surface area contributed by atoms with E-state index in [1.165, 1.54) is 89.8 Å². The van der Waals surface area contributed by atoms with Crippen molar-refractivity contribution in [3.05, 3.63) is 0 Å². The third-order valence-corrected chi connectivity index (χ3v) is 16.5. The normalized spacial score (nSPS) is 26.4. The van der Waals surface area contributed by atoms with Gasteiger partial charge < -0.3 is 65.1 Å². The zero-order valence-electron chi connectivity index (χ0n) is 59.5. The van der Waals surface area contributed by atoms with E-state index in [1.807, 2.05) is 69.2 Å². The van der Waals surface area contributed by atoms with Crippen molar-refractivity contribution < 1.29 is 76.9 Å². The molecule has 1 saturated heterocycles. The molecule has 0 aliphatic carbocycles. The van der Waals surface area contributed by atoms with E-state index >= 15 is 14.4 Å². The van der Waals surface area contributed by atoms with E-state index in [-0.39, 0.29) is 68.2 Å². The quantitative estimate of drug-likeness (QED) is 0.116. The van der Waals surface area contributed by atoms with Gasteiger partial charge in [-0.25, -0.2) is 4.79 Å². The molecular formula is C65H116N10O16. The molecular weight excluding hydrogens is 1180 g/mol. The Kier molecular flexibility index (Phi) is 34.6. The number of hydrogen-bond acceptors (Lipinski definition) is 16. The third kappa shape index (κ3) is 24.9. The molecule has 0 radical (unpaired) electrons. The first-order valence-corrected chi connectivity index (χ1v) is 32.2. The van der Waals surface area contributed by atoms with Crippen LogP contribution in [-0.4, -0.2) is 248 Å². The Hall–Kier alpha value is -6.28. The van der Waals surface area contributed by atoms with Gasteiger partial charge in [-0.15, -0.1) is 0 Å². The van der Waals surface area contributed by atoms with E-state index in [9.17, 15) is 48.3 Å². The lowest BCUT2D eigenvalue weighted by atomic mass is 9.91. The number of Topliss-reactive ketones (excluding diaryl/α,β-unsaturated/α-hetero) is 1. The number of esters is 1. The summed E-state index contributed by atoms with van der Waals surface area (Å²) >= 11 is 0. The second-order valence-corrected chi connectivity index (χ2v) is 27.9. The number of rotatable bonds is 19. The van der Waals surface area contributed by atoms with Crippen LogP contribution in [0, 0.1) is 47.3 Å². The van der Waals surface area contributed by atoms with Gasteiger partial charge in [0.1, 0.15) is 48.3 Å². The SMILES string of the molecule is CO[C@H]([C@H](C)CC(=O)O)[C@@H]1C(=O)N[C@H]([C@@H](C)OC)C(=O)N(C)CC(=O)CN(C)[C@@H](CC(C)C)C(=O)N[C@H](CC(C)C)C(=O)N(C)[C@H](CC(C)C)C(=O)N[C@H](C)C(=O)O[C@@H](C(C)C)C(=O)N(C)[C@H](CC(C)C)C(=O)N[C@H](CC(C)C)C(=O)N(C)[C@H](C(C)C)C(=O)N1C. The van der Waals surface area contributed by atoms with E-state index in [0.29, 0.717) is 0 Å². The van der Waals surface area contributed by atoms with Crippen LogP contribution in [0.2, 0.25) is 0 Å². The van der Waals surface area contributed by atoms with Crippen molar-refractivity contribution in [1.82, 2.24) is 50.7 Å². The fourth-order valence-corrected chi connectivity index (χ4v) is 11.5. The highest BCUT2D eigenvalue weighted by atomic mass is 16.6. The molecule has 5 N–H and O–H groups in total. The molecule has 0 unspecified atom stereocenters. The molecule has 522 valence electrons. The van der Waals surface area contributed by atoms with Gasteiger partial charge in [0.15, 0.2) is 11.9 Å². The van der Waals surface area contributed by atoms with Gasteiger partial charge in [-0.05, 0) is 100 Å². The minimum absolute atomic E-state index is 0.0642. The minimum Gasteiger partial charge on any atom is -0.481 e. The molecule has 0 bridgehead atoms. The molecule has 1 heterocycles. The summed E-state index contributed by atoms with van der Waals surface area (Å²) in [4.78, 5) is 181. The number of ketones is 1. The number of aliphatic carboxylic acids is 1. The molecule has 1 aliphatic heterocycles. The summed E-state index contributed by atoms with van der Waals surface area (Å²) < 4.78 is 17.4. The van der Waals surface area contributed by atoms with E-state index < -0.39 is 174 Å². The van der Waals surface area contributed by atoms with E-state index in [2.05, 4.69) is 21.3 Å². The summed E-state index contributed by atoms with van der Waals surface area (Å²) in [7, 11) is 10.9. The first-order valence-electron chi connectivity index (χ1n) is 32.2. The van der Waals surface area contributed by atoms with Gasteiger partial charge >= 0.3 is 11.9 Å². The summed E-state index contributed by atoms with van der Waals surface area (Å²) in [6.45, 7) is 28.7. The number of cyclic esters (lactones) is 1. The first kappa shape index (κ1) is 82.7. The number of methoxy groups -OCH3 is 2. The molecule has 0 aromatic carbocycles. The zero-order valence-corrected chi connectivity index (χ0v) is 59.5. The molecule has 0 spiro atoms. The number of carboxylic acids is 1. The average Bonchev–Trinajstić information content (AvgIpc) is 0.902. The number of carbonyl (C=O) groups excluding carboxylic acids is 11. The number of ether oxygens (including phenoxy) is 3. The number of nitrogens with zero attached hydrogens (tertiary/aromatic N) is 6. The van der Waals surface area contributed by atoms with Crippen LogP contribution >= 0.6 is 0 Å². The molecule has 9 amide bonds. The van der Waals surface area contributed by atoms with Gasteiger partial charge in [0.2, 0.25) is 47.3 Å². The van der Waals surface area contributed by atoms with Gasteiger partial charge in [-0.3, -0.25) is 57.6 Å². The van der Waals surface area contributed by atoms with Crippen LogP contribution in [0.5, 0.6) is 0 Å². The van der Waals surface area contributed by atoms with Crippen LogP contribution in [0.4, 0.5) is 0 Å². The fourth-order valence-electron chi connectivity index (χ4n) is 11.5. The molecule has 0 aromatic heterocycles. The van der Waals surface area contributed by atoms with Crippen LogP contribution in [0.3, 0.4) is 0 Å². The monoisotopic (exact) mass is 1290 g/mol. The molecule has 1 rings (SSSR count). The molecule has 13 atom stereocenters. The van der Waals surface area contributed by atoms with Crippen molar-refractivity contribution in [2.45, 2.75) is 229 Å². The minimum atomic E-state index is -1.67. The van der Waals surface area contributed by atoms with E-state index in [1.54, 1.807) is 34.7 Å². The molecule has 26 heteroatoms. The number of amides is 9. The van der Waals surface area contributed by atoms with Gasteiger partial charge in [0.25, 0.3) is 5.91 Å². The van der Waals surface area contributed by atoms with Crippen LogP contribution in [0.15, 0.2) is 0 Å². The average molecular weight is 1290 g/mol. The van der Waals surface area contributed by atoms with E-state index in [0.717, 1.165) is 9.80 Å². The first-order chi connectivity index (χ1) is 42.0. The Morgan fingerprint density at radius 2 is 0.912 bits per heavy atom.